The van der Waals surface area contributed by atoms with Gasteiger partial charge in [0.2, 0.25) is 0 Å². The van der Waals surface area contributed by atoms with Gasteiger partial charge < -0.3 is 5.11 Å². The number of carboxylic acid groups (broad SMARTS) is 1. The molecule has 0 fully saturated rings. The molecule has 2 aromatic carbocycles. The predicted molar refractivity (Wildman–Crippen MR) is 80.6 cm³/mol. The number of benzene rings is 2. The first kappa shape index (κ1) is 14.9. The van der Waals surface area contributed by atoms with Crippen LogP contribution in [0.2, 0.25) is 0 Å². The molecule has 0 saturated carbocycles. The van der Waals surface area contributed by atoms with Crippen LogP contribution in [0, 0.1) is 18.6 Å². The minimum atomic E-state index is -1.27. The first-order valence-corrected chi connectivity index (χ1v) is 6.81. The van der Waals surface area contributed by atoms with Crippen molar-refractivity contribution in [1.82, 2.24) is 9.55 Å². The summed E-state index contributed by atoms with van der Waals surface area (Å²) in [7, 11) is 0. The van der Waals surface area contributed by atoms with Crippen molar-refractivity contribution in [3.05, 3.63) is 71.6 Å². The largest absolute Gasteiger partial charge is 0.476 e. The maximum absolute atomic E-state index is 14.1. The standard InChI is InChI=1S/C17H12F2N2O2/c1-10-5-7-11(8-6-10)21-9-14(17(22)23)20-16(21)15-12(18)3-2-4-13(15)19/h2-9H,1H3,(H,22,23). The highest BCUT2D eigenvalue weighted by Crippen LogP contribution is 2.28. The van der Waals surface area contributed by atoms with Gasteiger partial charge in [0.15, 0.2) is 11.5 Å². The number of rotatable bonds is 3. The summed E-state index contributed by atoms with van der Waals surface area (Å²) < 4.78 is 29.5. The number of imidazole rings is 1. The van der Waals surface area contributed by atoms with Gasteiger partial charge in [-0.1, -0.05) is 23.8 Å². The number of carbonyl (C=O) groups is 1. The van der Waals surface area contributed by atoms with Crippen LogP contribution in [0.1, 0.15) is 16.1 Å². The molecule has 0 spiro atoms. The Morgan fingerprint density at radius 1 is 1.09 bits per heavy atom. The van der Waals surface area contributed by atoms with E-state index in [9.17, 15) is 13.6 Å². The van der Waals surface area contributed by atoms with Gasteiger partial charge in [-0.2, -0.15) is 0 Å². The van der Waals surface area contributed by atoms with Crippen LogP contribution in [0.3, 0.4) is 0 Å². The first-order valence-electron chi connectivity index (χ1n) is 6.81. The zero-order chi connectivity index (χ0) is 16.6. The highest BCUT2D eigenvalue weighted by atomic mass is 19.1. The molecule has 4 nitrogen and oxygen atoms in total. The fourth-order valence-corrected chi connectivity index (χ4v) is 2.27. The summed E-state index contributed by atoms with van der Waals surface area (Å²) in [6, 6.07) is 10.5. The summed E-state index contributed by atoms with van der Waals surface area (Å²) in [4.78, 5) is 15.1. The molecule has 1 heterocycles. The summed E-state index contributed by atoms with van der Waals surface area (Å²) in [5, 5.41) is 9.14. The highest BCUT2D eigenvalue weighted by Gasteiger charge is 2.21. The third-order valence-corrected chi connectivity index (χ3v) is 3.42. The topological polar surface area (TPSA) is 55.1 Å². The van der Waals surface area contributed by atoms with Crippen molar-refractivity contribution in [3.8, 4) is 17.1 Å². The van der Waals surface area contributed by atoms with Crippen molar-refractivity contribution in [2.24, 2.45) is 0 Å². The number of aryl methyl sites for hydroxylation is 1. The number of aromatic nitrogens is 2. The van der Waals surface area contributed by atoms with Gasteiger partial charge in [-0.15, -0.1) is 0 Å². The van der Waals surface area contributed by atoms with Crippen LogP contribution < -0.4 is 0 Å². The molecule has 0 aliphatic rings. The summed E-state index contributed by atoms with van der Waals surface area (Å²) in [6.45, 7) is 1.90. The van der Waals surface area contributed by atoms with E-state index in [4.69, 9.17) is 5.11 Å². The van der Waals surface area contributed by atoms with E-state index >= 15 is 0 Å². The average Bonchev–Trinajstić information content (AvgIpc) is 2.93. The van der Waals surface area contributed by atoms with Gasteiger partial charge in [0.25, 0.3) is 0 Å². The molecule has 23 heavy (non-hydrogen) atoms. The van der Waals surface area contributed by atoms with Gasteiger partial charge in [-0.3, -0.25) is 4.57 Å². The lowest BCUT2D eigenvalue weighted by atomic mass is 10.1. The maximum atomic E-state index is 14.1. The molecule has 0 atom stereocenters. The molecular weight excluding hydrogens is 302 g/mol. The molecule has 0 aliphatic carbocycles. The van der Waals surface area contributed by atoms with Crippen LogP contribution in [-0.2, 0) is 0 Å². The zero-order valence-electron chi connectivity index (χ0n) is 12.1. The van der Waals surface area contributed by atoms with E-state index in [-0.39, 0.29) is 17.1 Å². The van der Waals surface area contributed by atoms with Crippen molar-refractivity contribution in [2.45, 2.75) is 6.92 Å². The molecule has 0 saturated heterocycles. The van der Waals surface area contributed by atoms with E-state index < -0.39 is 17.6 Å². The monoisotopic (exact) mass is 314 g/mol. The quantitative estimate of drug-likeness (QED) is 0.799. The molecule has 116 valence electrons. The molecule has 0 bridgehead atoms. The smallest absolute Gasteiger partial charge is 0.356 e. The maximum Gasteiger partial charge on any atom is 0.356 e. The van der Waals surface area contributed by atoms with Crippen molar-refractivity contribution >= 4 is 5.97 Å². The lowest BCUT2D eigenvalue weighted by Gasteiger charge is -2.09. The van der Waals surface area contributed by atoms with Crippen LogP contribution in [0.5, 0.6) is 0 Å². The van der Waals surface area contributed by atoms with Crippen molar-refractivity contribution < 1.29 is 18.7 Å². The second-order valence-electron chi connectivity index (χ2n) is 5.06. The number of aromatic carboxylic acids is 1. The minimum Gasteiger partial charge on any atom is -0.476 e. The summed E-state index contributed by atoms with van der Waals surface area (Å²) in [5.74, 6) is -2.97. The van der Waals surface area contributed by atoms with Crippen molar-refractivity contribution in [3.63, 3.8) is 0 Å². The Labute approximate surface area is 130 Å². The molecule has 0 amide bonds. The number of hydrogen-bond acceptors (Lipinski definition) is 2. The second-order valence-corrected chi connectivity index (χ2v) is 5.06. The van der Waals surface area contributed by atoms with E-state index in [0.717, 1.165) is 17.7 Å². The van der Waals surface area contributed by atoms with Crippen LogP contribution >= 0.6 is 0 Å². The Kier molecular flexibility index (Phi) is 3.65. The van der Waals surface area contributed by atoms with Gasteiger partial charge in [0.05, 0.1) is 5.56 Å². The second kappa shape index (κ2) is 5.64. The number of hydrogen-bond donors (Lipinski definition) is 1. The molecule has 1 N–H and O–H groups in total. The molecular formula is C17H12F2N2O2. The minimum absolute atomic E-state index is 0.0955. The van der Waals surface area contributed by atoms with Gasteiger partial charge >= 0.3 is 5.97 Å². The zero-order valence-corrected chi connectivity index (χ0v) is 12.1. The van der Waals surface area contributed by atoms with Gasteiger partial charge in [-0.25, -0.2) is 18.6 Å². The number of halogens is 2. The van der Waals surface area contributed by atoms with Gasteiger partial charge in [0.1, 0.15) is 11.6 Å². The molecule has 3 rings (SSSR count). The Hall–Kier alpha value is -3.02. The Morgan fingerprint density at radius 3 is 2.26 bits per heavy atom. The van der Waals surface area contributed by atoms with Crippen LogP contribution in [0.25, 0.3) is 17.1 Å². The summed E-state index contributed by atoms with van der Waals surface area (Å²) in [5.41, 5.74) is 0.919. The van der Waals surface area contributed by atoms with E-state index in [2.05, 4.69) is 4.98 Å². The molecule has 6 heteroatoms. The van der Waals surface area contributed by atoms with Crippen molar-refractivity contribution in [1.29, 1.82) is 0 Å². The predicted octanol–water partition coefficient (Wildman–Crippen LogP) is 3.82. The van der Waals surface area contributed by atoms with E-state index in [1.54, 1.807) is 12.1 Å². The molecule has 0 aliphatic heterocycles. The third-order valence-electron chi connectivity index (χ3n) is 3.42. The van der Waals surface area contributed by atoms with Crippen LogP contribution in [0.15, 0.2) is 48.7 Å². The summed E-state index contributed by atoms with van der Waals surface area (Å²) >= 11 is 0. The third kappa shape index (κ3) is 2.70. The molecule has 0 unspecified atom stereocenters. The van der Waals surface area contributed by atoms with Crippen molar-refractivity contribution in [2.75, 3.05) is 0 Å². The Balaban J connectivity index is 2.27. The van der Waals surface area contributed by atoms with Gasteiger partial charge in [0, 0.05) is 11.9 Å². The Bertz CT molecular complexity index is 866. The van der Waals surface area contributed by atoms with Crippen LogP contribution in [0.4, 0.5) is 8.78 Å². The normalized spacial score (nSPS) is 10.7. The molecule has 1 aromatic heterocycles. The van der Waals surface area contributed by atoms with E-state index in [1.807, 2.05) is 19.1 Å². The lowest BCUT2D eigenvalue weighted by molar-refractivity contribution is 0.0691. The lowest BCUT2D eigenvalue weighted by Crippen LogP contribution is -2.00. The fourth-order valence-electron chi connectivity index (χ4n) is 2.27. The molecule has 3 aromatic rings. The van der Waals surface area contributed by atoms with E-state index in [0.29, 0.717) is 5.69 Å². The highest BCUT2D eigenvalue weighted by molar-refractivity contribution is 5.86. The number of carboxylic acids is 1. The van der Waals surface area contributed by atoms with E-state index in [1.165, 1.54) is 16.8 Å². The fraction of sp³-hybridized carbons (Fsp3) is 0.0588. The van der Waals surface area contributed by atoms with Crippen LogP contribution in [-0.4, -0.2) is 20.6 Å². The average molecular weight is 314 g/mol. The Morgan fingerprint density at radius 2 is 1.70 bits per heavy atom. The van der Waals surface area contributed by atoms with Gasteiger partial charge in [-0.05, 0) is 31.2 Å². The summed E-state index contributed by atoms with van der Waals surface area (Å²) in [6.07, 6.45) is 1.24. The SMILES string of the molecule is Cc1ccc(-n2cc(C(=O)O)nc2-c2c(F)cccc2F)cc1. The first-order chi connectivity index (χ1) is 11.0. The number of nitrogens with zero attached hydrogens (tertiary/aromatic N) is 2. The molecule has 0 radical (unpaired) electrons.